The van der Waals surface area contributed by atoms with Gasteiger partial charge in [0.1, 0.15) is 11.3 Å². The molecule has 0 saturated heterocycles. The minimum absolute atomic E-state index is 0.338. The quantitative estimate of drug-likeness (QED) is 0.224. The first-order valence-electron chi connectivity index (χ1n) is 8.56. The molecule has 6 heteroatoms. The lowest BCUT2D eigenvalue weighted by Crippen LogP contribution is -2.27. The van der Waals surface area contributed by atoms with Gasteiger partial charge in [-0.2, -0.15) is 0 Å². The Morgan fingerprint density at radius 3 is 2.29 bits per heavy atom. The zero-order chi connectivity index (χ0) is 20.3. The van der Waals surface area contributed by atoms with Gasteiger partial charge in [-0.1, -0.05) is 30.3 Å². The van der Waals surface area contributed by atoms with Crippen LogP contribution in [0.4, 0.5) is 0 Å². The Hall–Kier alpha value is -3.67. The van der Waals surface area contributed by atoms with Gasteiger partial charge in [-0.25, -0.2) is 4.79 Å². The number of benzene rings is 2. The molecule has 0 atom stereocenters. The third kappa shape index (κ3) is 3.57. The van der Waals surface area contributed by atoms with Crippen molar-refractivity contribution in [3.8, 4) is 5.75 Å². The number of carbonyl (C=O) groups excluding carboxylic acids is 3. The molecular formula is C22H19NO5. The highest BCUT2D eigenvalue weighted by Crippen LogP contribution is 2.21. The molecule has 0 fully saturated rings. The van der Waals surface area contributed by atoms with Crippen molar-refractivity contribution in [1.82, 2.24) is 4.57 Å². The molecule has 0 bridgehead atoms. The van der Waals surface area contributed by atoms with Crippen LogP contribution in [0.15, 0.2) is 60.2 Å². The number of carbonyl (C=O) groups is 3. The van der Waals surface area contributed by atoms with Crippen molar-refractivity contribution >= 4 is 34.6 Å². The van der Waals surface area contributed by atoms with E-state index in [9.17, 15) is 14.4 Å². The summed E-state index contributed by atoms with van der Waals surface area (Å²) in [6, 6.07) is 15.8. The summed E-state index contributed by atoms with van der Waals surface area (Å²) < 4.78 is 11.1. The van der Waals surface area contributed by atoms with Gasteiger partial charge in [-0.05, 0) is 42.8 Å². The Morgan fingerprint density at radius 2 is 1.64 bits per heavy atom. The molecule has 3 rings (SSSR count). The van der Waals surface area contributed by atoms with Crippen molar-refractivity contribution in [2.24, 2.45) is 0 Å². The first-order valence-corrected chi connectivity index (χ1v) is 8.56. The maximum atomic E-state index is 12.9. The standard InChI is InChI=1S/C22H19NO5/c1-14-12-16-6-4-5-7-19(16)23(14)21(25)20(24)18(22(26)28-3)13-15-8-10-17(27-2)11-9-15/h4-13H,1-3H3/b18-13-. The van der Waals surface area contributed by atoms with Crippen LogP contribution in [0, 0.1) is 6.92 Å². The summed E-state index contributed by atoms with van der Waals surface area (Å²) in [5, 5.41) is 0.833. The van der Waals surface area contributed by atoms with E-state index in [4.69, 9.17) is 9.47 Å². The maximum absolute atomic E-state index is 12.9. The summed E-state index contributed by atoms with van der Waals surface area (Å²) in [5.74, 6) is -1.99. The zero-order valence-electron chi connectivity index (χ0n) is 15.8. The predicted molar refractivity (Wildman–Crippen MR) is 105 cm³/mol. The number of Topliss-reactive ketones (excluding diaryl/α,β-unsaturated/α-hetero) is 1. The average molecular weight is 377 g/mol. The highest BCUT2D eigenvalue weighted by Gasteiger charge is 2.28. The van der Waals surface area contributed by atoms with Crippen molar-refractivity contribution in [1.29, 1.82) is 0 Å². The molecule has 1 heterocycles. The van der Waals surface area contributed by atoms with Gasteiger partial charge < -0.3 is 9.47 Å². The molecule has 3 aromatic rings. The predicted octanol–water partition coefficient (Wildman–Crippen LogP) is 3.42. The number of rotatable bonds is 5. The van der Waals surface area contributed by atoms with E-state index in [1.807, 2.05) is 18.2 Å². The minimum Gasteiger partial charge on any atom is -0.497 e. The number of esters is 1. The molecule has 0 N–H and O–H groups in total. The number of fused-ring (bicyclic) bond motifs is 1. The number of ketones is 1. The third-order valence-corrected chi connectivity index (χ3v) is 4.37. The van der Waals surface area contributed by atoms with Crippen LogP contribution in [0.2, 0.25) is 0 Å². The summed E-state index contributed by atoms with van der Waals surface area (Å²) in [7, 11) is 2.70. The fraction of sp³-hybridized carbons (Fsp3) is 0.136. The van der Waals surface area contributed by atoms with E-state index in [1.165, 1.54) is 17.8 Å². The molecule has 28 heavy (non-hydrogen) atoms. The van der Waals surface area contributed by atoms with Crippen LogP contribution in [-0.4, -0.2) is 36.4 Å². The van der Waals surface area contributed by atoms with E-state index < -0.39 is 17.7 Å². The van der Waals surface area contributed by atoms with Crippen LogP contribution >= 0.6 is 0 Å². The molecule has 0 saturated carbocycles. The van der Waals surface area contributed by atoms with Gasteiger partial charge in [0, 0.05) is 11.1 Å². The number of hydrogen-bond acceptors (Lipinski definition) is 5. The molecule has 0 spiro atoms. The van der Waals surface area contributed by atoms with E-state index in [1.54, 1.807) is 43.3 Å². The molecule has 0 radical (unpaired) electrons. The summed E-state index contributed by atoms with van der Waals surface area (Å²) in [5.41, 5.74) is 1.44. The van der Waals surface area contributed by atoms with E-state index >= 15 is 0 Å². The Kier molecular flexibility index (Phi) is 5.40. The van der Waals surface area contributed by atoms with E-state index in [0.29, 0.717) is 22.5 Å². The average Bonchev–Trinajstić information content (AvgIpc) is 3.06. The van der Waals surface area contributed by atoms with Crippen LogP contribution in [0.3, 0.4) is 0 Å². The Morgan fingerprint density at radius 1 is 0.964 bits per heavy atom. The van der Waals surface area contributed by atoms with E-state index in [-0.39, 0.29) is 5.57 Å². The number of ether oxygens (including phenoxy) is 2. The highest BCUT2D eigenvalue weighted by atomic mass is 16.5. The first-order chi connectivity index (χ1) is 13.5. The lowest BCUT2D eigenvalue weighted by molar-refractivity contribution is -0.137. The molecule has 0 aliphatic carbocycles. The molecule has 0 unspecified atom stereocenters. The molecule has 6 nitrogen and oxygen atoms in total. The Balaban J connectivity index is 2.03. The summed E-state index contributed by atoms with van der Waals surface area (Å²) in [6.07, 6.45) is 1.34. The van der Waals surface area contributed by atoms with Gasteiger partial charge in [0.05, 0.1) is 19.7 Å². The third-order valence-electron chi connectivity index (χ3n) is 4.37. The number of para-hydroxylation sites is 1. The second-order valence-electron chi connectivity index (χ2n) is 6.14. The number of aryl methyl sites for hydroxylation is 1. The normalized spacial score (nSPS) is 11.3. The second kappa shape index (κ2) is 7.92. The van der Waals surface area contributed by atoms with Crippen molar-refractivity contribution in [2.45, 2.75) is 6.92 Å². The molecule has 0 aliphatic heterocycles. The summed E-state index contributed by atoms with van der Waals surface area (Å²) >= 11 is 0. The van der Waals surface area contributed by atoms with Crippen molar-refractivity contribution in [2.75, 3.05) is 14.2 Å². The Bertz CT molecular complexity index is 1090. The zero-order valence-corrected chi connectivity index (χ0v) is 15.8. The SMILES string of the molecule is COC(=O)/C(=C\c1ccc(OC)cc1)C(=O)C(=O)n1c(C)cc2ccccc21. The van der Waals surface area contributed by atoms with Crippen LogP contribution in [0.25, 0.3) is 17.0 Å². The smallest absolute Gasteiger partial charge is 0.342 e. The van der Waals surface area contributed by atoms with E-state index in [2.05, 4.69) is 0 Å². The first kappa shape index (κ1) is 19.1. The number of hydrogen-bond donors (Lipinski definition) is 0. The van der Waals surface area contributed by atoms with Crippen LogP contribution in [0.5, 0.6) is 5.75 Å². The largest absolute Gasteiger partial charge is 0.497 e. The lowest BCUT2D eigenvalue weighted by Gasteiger charge is -2.08. The topological polar surface area (TPSA) is 74.6 Å². The maximum Gasteiger partial charge on any atom is 0.342 e. The molecule has 1 aromatic heterocycles. The number of nitrogens with zero attached hydrogens (tertiary/aromatic N) is 1. The van der Waals surface area contributed by atoms with Gasteiger partial charge in [0.2, 0.25) is 0 Å². The van der Waals surface area contributed by atoms with Crippen LogP contribution < -0.4 is 4.74 Å². The highest BCUT2D eigenvalue weighted by molar-refractivity contribution is 6.50. The monoisotopic (exact) mass is 377 g/mol. The van der Waals surface area contributed by atoms with Gasteiger partial charge in [-0.3, -0.25) is 14.2 Å². The minimum atomic E-state index is -0.938. The second-order valence-corrected chi connectivity index (χ2v) is 6.14. The Labute approximate surface area is 162 Å². The van der Waals surface area contributed by atoms with Gasteiger partial charge >= 0.3 is 11.9 Å². The van der Waals surface area contributed by atoms with Crippen molar-refractivity contribution in [3.63, 3.8) is 0 Å². The number of aromatic nitrogens is 1. The molecule has 142 valence electrons. The molecule has 2 aromatic carbocycles. The molecular weight excluding hydrogens is 358 g/mol. The van der Waals surface area contributed by atoms with Gasteiger partial charge in [0.15, 0.2) is 0 Å². The van der Waals surface area contributed by atoms with Crippen LogP contribution in [0.1, 0.15) is 16.1 Å². The van der Waals surface area contributed by atoms with Crippen molar-refractivity contribution in [3.05, 3.63) is 71.4 Å². The molecule has 0 amide bonds. The van der Waals surface area contributed by atoms with E-state index in [0.717, 1.165) is 12.5 Å². The summed E-state index contributed by atoms with van der Waals surface area (Å²) in [4.78, 5) is 38.0. The van der Waals surface area contributed by atoms with Crippen molar-refractivity contribution < 1.29 is 23.9 Å². The lowest BCUT2D eigenvalue weighted by atomic mass is 10.1. The summed E-state index contributed by atoms with van der Waals surface area (Å²) in [6.45, 7) is 1.73. The molecule has 0 aliphatic rings. The number of methoxy groups -OCH3 is 2. The fourth-order valence-electron chi connectivity index (χ4n) is 2.97. The van der Waals surface area contributed by atoms with Crippen LogP contribution in [-0.2, 0) is 14.3 Å². The van der Waals surface area contributed by atoms with Gasteiger partial charge in [0.25, 0.3) is 5.78 Å². The van der Waals surface area contributed by atoms with Gasteiger partial charge in [-0.15, -0.1) is 0 Å². The fourth-order valence-corrected chi connectivity index (χ4v) is 2.97.